The molecule has 3 rings (SSSR count). The van der Waals surface area contributed by atoms with Gasteiger partial charge < -0.3 is 10.2 Å². The van der Waals surface area contributed by atoms with Crippen LogP contribution >= 0.6 is 11.3 Å². The number of rotatable bonds is 6. The van der Waals surface area contributed by atoms with Crippen LogP contribution in [0.2, 0.25) is 0 Å². The van der Waals surface area contributed by atoms with Crippen LogP contribution in [0.15, 0.2) is 17.5 Å². The molecule has 1 atom stereocenters. The summed E-state index contributed by atoms with van der Waals surface area (Å²) in [5, 5.41) is 5.16. The van der Waals surface area contributed by atoms with Gasteiger partial charge in [0, 0.05) is 24.4 Å². The molecule has 5 nitrogen and oxygen atoms in total. The van der Waals surface area contributed by atoms with Crippen LogP contribution in [0.3, 0.4) is 0 Å². The molecule has 0 aromatic carbocycles. The van der Waals surface area contributed by atoms with Crippen molar-refractivity contribution in [3.63, 3.8) is 0 Å². The Labute approximate surface area is 148 Å². The topological polar surface area (TPSA) is 52.7 Å². The summed E-state index contributed by atoms with van der Waals surface area (Å²) < 4.78 is 0. The summed E-state index contributed by atoms with van der Waals surface area (Å²) in [5.41, 5.74) is 0. The van der Waals surface area contributed by atoms with E-state index in [1.807, 2.05) is 0 Å². The van der Waals surface area contributed by atoms with E-state index in [0.29, 0.717) is 19.5 Å². The molecular formula is C18H27N3O2S. The molecule has 0 radical (unpaired) electrons. The highest BCUT2D eigenvalue weighted by molar-refractivity contribution is 7.10. The van der Waals surface area contributed by atoms with Crippen LogP contribution in [0, 0.1) is 0 Å². The minimum Gasteiger partial charge on any atom is -0.353 e. The maximum atomic E-state index is 12.3. The molecule has 2 aliphatic rings. The fourth-order valence-corrected chi connectivity index (χ4v) is 4.45. The average molecular weight is 350 g/mol. The Morgan fingerprint density at radius 1 is 1.17 bits per heavy atom. The summed E-state index contributed by atoms with van der Waals surface area (Å²) in [6, 6.07) is 4.48. The maximum Gasteiger partial charge on any atom is 0.239 e. The molecule has 2 fully saturated rings. The van der Waals surface area contributed by atoms with E-state index in [1.165, 1.54) is 17.7 Å². The normalized spacial score (nSPS) is 20.8. The van der Waals surface area contributed by atoms with Crippen molar-refractivity contribution < 1.29 is 9.59 Å². The molecule has 0 spiro atoms. The molecule has 0 bridgehead atoms. The predicted molar refractivity (Wildman–Crippen MR) is 95.9 cm³/mol. The van der Waals surface area contributed by atoms with Gasteiger partial charge in [0.1, 0.15) is 0 Å². The number of hydrogen-bond donors (Lipinski definition) is 1. The van der Waals surface area contributed by atoms with Gasteiger partial charge in [-0.25, -0.2) is 0 Å². The van der Waals surface area contributed by atoms with Gasteiger partial charge in [-0.2, -0.15) is 0 Å². The largest absolute Gasteiger partial charge is 0.353 e. The summed E-state index contributed by atoms with van der Waals surface area (Å²) in [5.74, 6) is 0.0861. The Morgan fingerprint density at radius 2 is 1.96 bits per heavy atom. The lowest BCUT2D eigenvalue weighted by Gasteiger charge is -2.27. The second-order valence-electron chi connectivity index (χ2n) is 6.70. The third-order valence-electron chi connectivity index (χ3n) is 4.95. The third kappa shape index (κ3) is 4.57. The van der Waals surface area contributed by atoms with E-state index in [0.717, 1.165) is 32.4 Å². The lowest BCUT2D eigenvalue weighted by molar-refractivity contribution is -0.135. The number of thiophene rings is 1. The smallest absolute Gasteiger partial charge is 0.239 e. The van der Waals surface area contributed by atoms with Gasteiger partial charge in [0.15, 0.2) is 0 Å². The monoisotopic (exact) mass is 349 g/mol. The zero-order valence-electron chi connectivity index (χ0n) is 14.2. The van der Waals surface area contributed by atoms with Crippen molar-refractivity contribution in [3.8, 4) is 0 Å². The molecule has 1 aromatic heterocycles. The molecule has 2 aliphatic heterocycles. The van der Waals surface area contributed by atoms with Crippen LogP contribution < -0.4 is 5.32 Å². The maximum absolute atomic E-state index is 12.3. The van der Waals surface area contributed by atoms with E-state index in [9.17, 15) is 9.59 Å². The molecule has 2 amide bonds. The van der Waals surface area contributed by atoms with E-state index < -0.39 is 0 Å². The van der Waals surface area contributed by atoms with Crippen molar-refractivity contribution in [2.75, 3.05) is 32.7 Å². The molecule has 24 heavy (non-hydrogen) atoms. The molecule has 6 heteroatoms. The van der Waals surface area contributed by atoms with Gasteiger partial charge in [-0.05, 0) is 50.2 Å². The fourth-order valence-electron chi connectivity index (χ4n) is 3.59. The Bertz CT molecular complexity index is 540. The second-order valence-corrected chi connectivity index (χ2v) is 7.68. The average Bonchev–Trinajstić information content (AvgIpc) is 3.24. The summed E-state index contributed by atoms with van der Waals surface area (Å²) in [4.78, 5) is 29.9. The minimum atomic E-state index is -0.0361. The Balaban J connectivity index is 1.53. The van der Waals surface area contributed by atoms with Crippen molar-refractivity contribution in [2.24, 2.45) is 0 Å². The van der Waals surface area contributed by atoms with Gasteiger partial charge in [0.05, 0.1) is 12.6 Å². The van der Waals surface area contributed by atoms with E-state index in [4.69, 9.17) is 0 Å². The Hall–Kier alpha value is -1.40. The van der Waals surface area contributed by atoms with E-state index in [2.05, 4.69) is 27.7 Å². The fraction of sp³-hybridized carbons (Fsp3) is 0.667. The van der Waals surface area contributed by atoms with Crippen LogP contribution in [-0.4, -0.2) is 54.3 Å². The van der Waals surface area contributed by atoms with Gasteiger partial charge in [-0.3, -0.25) is 14.5 Å². The first kappa shape index (κ1) is 17.4. The first-order valence-corrected chi connectivity index (χ1v) is 9.94. The number of nitrogens with zero attached hydrogens (tertiary/aromatic N) is 2. The molecule has 0 aliphatic carbocycles. The van der Waals surface area contributed by atoms with Crippen molar-refractivity contribution in [1.29, 1.82) is 0 Å². The molecular weight excluding hydrogens is 322 g/mol. The molecule has 1 aromatic rings. The lowest BCUT2D eigenvalue weighted by Crippen LogP contribution is -2.43. The van der Waals surface area contributed by atoms with E-state index in [-0.39, 0.29) is 24.4 Å². The van der Waals surface area contributed by atoms with Gasteiger partial charge in [-0.1, -0.05) is 12.5 Å². The predicted octanol–water partition coefficient (Wildman–Crippen LogP) is 2.40. The van der Waals surface area contributed by atoms with Crippen molar-refractivity contribution >= 4 is 23.2 Å². The second kappa shape index (κ2) is 8.62. The highest BCUT2D eigenvalue weighted by atomic mass is 32.1. The number of carbonyl (C=O) groups excluding carboxylic acids is 2. The van der Waals surface area contributed by atoms with Gasteiger partial charge in [-0.15, -0.1) is 11.3 Å². The van der Waals surface area contributed by atoms with E-state index in [1.54, 1.807) is 16.2 Å². The van der Waals surface area contributed by atoms with Crippen molar-refractivity contribution in [1.82, 2.24) is 15.1 Å². The quantitative estimate of drug-likeness (QED) is 0.858. The van der Waals surface area contributed by atoms with Crippen LogP contribution in [0.25, 0.3) is 0 Å². The highest BCUT2D eigenvalue weighted by Gasteiger charge is 2.25. The van der Waals surface area contributed by atoms with E-state index >= 15 is 0 Å². The Morgan fingerprint density at radius 3 is 2.71 bits per heavy atom. The minimum absolute atomic E-state index is 0.0361. The standard InChI is InChI=1S/C18H27N3O2S/c22-17(14-21-11-3-1-2-8-18(21)23)19-13-15(16-7-6-12-24-16)20-9-4-5-10-20/h6-7,12,15H,1-5,8-11,13-14H2,(H,19,22). The van der Waals surface area contributed by atoms with Crippen LogP contribution in [0.1, 0.15) is 49.4 Å². The zero-order chi connectivity index (χ0) is 16.8. The summed E-state index contributed by atoms with van der Waals surface area (Å²) >= 11 is 1.75. The number of hydrogen-bond acceptors (Lipinski definition) is 4. The number of carbonyl (C=O) groups is 2. The molecule has 132 valence electrons. The Kier molecular flexibility index (Phi) is 6.26. The molecule has 1 unspecified atom stereocenters. The number of amides is 2. The lowest BCUT2D eigenvalue weighted by atomic mass is 10.2. The highest BCUT2D eigenvalue weighted by Crippen LogP contribution is 2.27. The number of nitrogens with one attached hydrogen (secondary N) is 1. The van der Waals surface area contributed by atoms with Gasteiger partial charge in [0.25, 0.3) is 0 Å². The molecule has 2 saturated heterocycles. The zero-order valence-corrected chi connectivity index (χ0v) is 15.0. The van der Waals surface area contributed by atoms with Crippen LogP contribution in [0.5, 0.6) is 0 Å². The third-order valence-corrected chi connectivity index (χ3v) is 5.93. The van der Waals surface area contributed by atoms with Crippen molar-refractivity contribution in [2.45, 2.75) is 44.6 Å². The number of likely N-dealkylation sites (tertiary alicyclic amines) is 2. The van der Waals surface area contributed by atoms with Crippen LogP contribution in [0.4, 0.5) is 0 Å². The summed E-state index contributed by atoms with van der Waals surface area (Å²) in [6.07, 6.45) is 6.09. The summed E-state index contributed by atoms with van der Waals surface area (Å²) in [7, 11) is 0. The SMILES string of the molecule is O=C(CN1CCCCCC1=O)NCC(c1cccs1)N1CCCC1. The van der Waals surface area contributed by atoms with Crippen LogP contribution in [-0.2, 0) is 9.59 Å². The first-order chi connectivity index (χ1) is 11.7. The van der Waals surface area contributed by atoms with Gasteiger partial charge in [0.2, 0.25) is 11.8 Å². The van der Waals surface area contributed by atoms with Gasteiger partial charge >= 0.3 is 0 Å². The summed E-state index contributed by atoms with van der Waals surface area (Å²) in [6.45, 7) is 3.75. The molecule has 1 N–H and O–H groups in total. The molecule has 3 heterocycles. The van der Waals surface area contributed by atoms with Crippen molar-refractivity contribution in [3.05, 3.63) is 22.4 Å². The molecule has 0 saturated carbocycles. The first-order valence-electron chi connectivity index (χ1n) is 9.06.